The first kappa shape index (κ1) is 17.8. The number of thiophene rings is 1. The van der Waals surface area contributed by atoms with E-state index < -0.39 is 0 Å². The van der Waals surface area contributed by atoms with E-state index in [1.165, 1.54) is 18.1 Å². The zero-order valence-electron chi connectivity index (χ0n) is 13.9. The van der Waals surface area contributed by atoms with Crippen LogP contribution < -0.4 is 4.74 Å². The predicted molar refractivity (Wildman–Crippen MR) is 111 cm³/mol. The van der Waals surface area contributed by atoms with Crippen molar-refractivity contribution >= 4 is 44.9 Å². The number of benzene rings is 2. The van der Waals surface area contributed by atoms with Crippen molar-refractivity contribution < 1.29 is 4.74 Å². The van der Waals surface area contributed by atoms with Gasteiger partial charge in [-0.3, -0.25) is 0 Å². The maximum atomic E-state index is 9.01. The number of ether oxygens (including phenoxy) is 1. The molecule has 0 spiro atoms. The number of rotatable bonds is 5. The van der Waals surface area contributed by atoms with Gasteiger partial charge in [-0.05, 0) is 29.8 Å². The number of thioether (sulfide) groups is 1. The number of hydrogen-bond acceptors (Lipinski definition) is 6. The van der Waals surface area contributed by atoms with Gasteiger partial charge in [0.15, 0.2) is 0 Å². The normalized spacial score (nSPS) is 10.7. The lowest BCUT2D eigenvalue weighted by molar-refractivity contribution is 0.469. The van der Waals surface area contributed by atoms with Gasteiger partial charge in [0.05, 0.1) is 21.5 Å². The van der Waals surface area contributed by atoms with Crippen LogP contribution in [0.5, 0.6) is 11.6 Å². The van der Waals surface area contributed by atoms with Gasteiger partial charge >= 0.3 is 0 Å². The molecule has 0 aliphatic carbocycles. The molecular formula is C20H12ClN3OS2. The lowest BCUT2D eigenvalue weighted by atomic mass is 10.1. The maximum Gasteiger partial charge on any atom is 0.240 e. The average molecular weight is 410 g/mol. The van der Waals surface area contributed by atoms with Crippen LogP contribution in [0.4, 0.5) is 0 Å². The van der Waals surface area contributed by atoms with E-state index >= 15 is 0 Å². The number of nitrogens with zero attached hydrogens (tertiary/aromatic N) is 3. The fraction of sp³-hybridized carbons (Fsp3) is 0.0500. The zero-order chi connectivity index (χ0) is 18.6. The van der Waals surface area contributed by atoms with Crippen molar-refractivity contribution in [3.8, 4) is 28.8 Å². The third kappa shape index (κ3) is 3.76. The van der Waals surface area contributed by atoms with Crippen LogP contribution in [-0.2, 0) is 0 Å². The van der Waals surface area contributed by atoms with Crippen LogP contribution >= 0.6 is 34.7 Å². The Morgan fingerprint density at radius 2 is 1.85 bits per heavy atom. The summed E-state index contributed by atoms with van der Waals surface area (Å²) >= 11 is 8.99. The molecule has 2 aromatic carbocycles. The van der Waals surface area contributed by atoms with Crippen molar-refractivity contribution in [1.29, 1.82) is 5.26 Å². The Morgan fingerprint density at radius 3 is 2.59 bits per heavy atom. The largest absolute Gasteiger partial charge is 0.437 e. The summed E-state index contributed by atoms with van der Waals surface area (Å²) in [7, 11) is 0. The van der Waals surface area contributed by atoms with E-state index in [9.17, 15) is 0 Å². The highest BCUT2D eigenvalue weighted by Crippen LogP contribution is 2.46. The molecule has 0 unspecified atom stereocenters. The Hall–Kier alpha value is -2.59. The first-order valence-electron chi connectivity index (χ1n) is 8.02. The van der Waals surface area contributed by atoms with Gasteiger partial charge in [0.25, 0.3) is 0 Å². The quantitative estimate of drug-likeness (QED) is 0.356. The van der Waals surface area contributed by atoms with Gasteiger partial charge in [0.2, 0.25) is 5.88 Å². The second-order valence-corrected chi connectivity index (χ2v) is 8.19. The molecule has 4 nitrogen and oxygen atoms in total. The van der Waals surface area contributed by atoms with Crippen LogP contribution in [0.3, 0.4) is 0 Å². The topological polar surface area (TPSA) is 58.8 Å². The Kier molecular flexibility index (Phi) is 5.26. The van der Waals surface area contributed by atoms with Gasteiger partial charge in [-0.1, -0.05) is 53.7 Å². The lowest BCUT2D eigenvalue weighted by Crippen LogP contribution is -1.89. The fourth-order valence-corrected chi connectivity index (χ4v) is 4.89. The van der Waals surface area contributed by atoms with Crippen LogP contribution in [0.2, 0.25) is 5.02 Å². The summed E-state index contributed by atoms with van der Waals surface area (Å²) in [6.45, 7) is 0. The minimum Gasteiger partial charge on any atom is -0.437 e. The standard InChI is InChI=1S/C20H12ClN3OS2/c21-14-6-8-15(9-7-14)25-19-18-17(23-12-24-19)16(13-4-2-1-3-5-13)20(27-18)26-11-10-22/h1-9,12H,11H2. The van der Waals surface area contributed by atoms with Crippen molar-refractivity contribution in [2.45, 2.75) is 4.21 Å². The molecule has 4 rings (SSSR count). The molecule has 0 bridgehead atoms. The van der Waals surface area contributed by atoms with Crippen molar-refractivity contribution in [1.82, 2.24) is 9.97 Å². The molecule has 0 amide bonds. The molecule has 7 heteroatoms. The Morgan fingerprint density at radius 1 is 1.07 bits per heavy atom. The van der Waals surface area contributed by atoms with Crippen molar-refractivity contribution in [3.05, 3.63) is 65.9 Å². The van der Waals surface area contributed by atoms with E-state index in [1.807, 2.05) is 30.3 Å². The zero-order valence-corrected chi connectivity index (χ0v) is 16.3. The highest BCUT2D eigenvalue weighted by Gasteiger charge is 2.19. The molecule has 0 aliphatic rings. The molecule has 0 saturated heterocycles. The third-order valence-electron chi connectivity index (χ3n) is 3.77. The number of aromatic nitrogens is 2. The smallest absolute Gasteiger partial charge is 0.240 e. The third-order valence-corrected chi connectivity index (χ3v) is 6.32. The Bertz CT molecular complexity index is 1120. The number of hydrogen-bond donors (Lipinski definition) is 0. The summed E-state index contributed by atoms with van der Waals surface area (Å²) in [5.74, 6) is 1.52. The molecule has 0 N–H and O–H groups in total. The van der Waals surface area contributed by atoms with E-state index in [4.69, 9.17) is 21.6 Å². The van der Waals surface area contributed by atoms with E-state index in [0.29, 0.717) is 22.4 Å². The Balaban J connectivity index is 1.84. The van der Waals surface area contributed by atoms with E-state index in [1.54, 1.807) is 35.6 Å². The molecule has 0 saturated carbocycles. The number of halogens is 1. The molecule has 2 aromatic heterocycles. The molecule has 0 radical (unpaired) electrons. The number of nitriles is 1. The van der Waals surface area contributed by atoms with Gasteiger partial charge in [-0.15, -0.1) is 11.3 Å². The lowest BCUT2D eigenvalue weighted by Gasteiger charge is -2.05. The van der Waals surface area contributed by atoms with Crippen LogP contribution in [-0.4, -0.2) is 15.7 Å². The second kappa shape index (κ2) is 7.97. The minimum absolute atomic E-state index is 0.369. The van der Waals surface area contributed by atoms with Crippen molar-refractivity contribution in [2.24, 2.45) is 0 Å². The summed E-state index contributed by atoms with van der Waals surface area (Å²) in [6.07, 6.45) is 1.51. The van der Waals surface area contributed by atoms with E-state index in [-0.39, 0.29) is 0 Å². The molecule has 27 heavy (non-hydrogen) atoms. The first-order valence-corrected chi connectivity index (χ1v) is 10.2. The maximum absolute atomic E-state index is 9.01. The van der Waals surface area contributed by atoms with Crippen molar-refractivity contribution in [2.75, 3.05) is 5.75 Å². The van der Waals surface area contributed by atoms with Crippen LogP contribution in [0.1, 0.15) is 0 Å². The summed E-state index contributed by atoms with van der Waals surface area (Å²) in [5.41, 5.74) is 2.89. The molecule has 0 aliphatic heterocycles. The number of fused-ring (bicyclic) bond motifs is 1. The fourth-order valence-electron chi connectivity index (χ4n) is 2.61. The molecular weight excluding hydrogens is 398 g/mol. The predicted octanol–water partition coefficient (Wildman–Crippen LogP) is 6.42. The van der Waals surface area contributed by atoms with Gasteiger partial charge in [0, 0.05) is 10.6 Å². The second-order valence-electron chi connectivity index (χ2n) is 5.49. The van der Waals surface area contributed by atoms with Gasteiger partial charge in [-0.25, -0.2) is 9.97 Å². The van der Waals surface area contributed by atoms with E-state index in [2.05, 4.69) is 16.0 Å². The molecule has 2 heterocycles. The summed E-state index contributed by atoms with van der Waals surface area (Å²) in [6, 6.07) is 19.4. The van der Waals surface area contributed by atoms with Crippen LogP contribution in [0, 0.1) is 11.3 Å². The molecule has 132 valence electrons. The molecule has 0 atom stereocenters. The molecule has 0 fully saturated rings. The average Bonchev–Trinajstić information content (AvgIpc) is 3.08. The first-order chi connectivity index (χ1) is 13.3. The van der Waals surface area contributed by atoms with Gasteiger partial charge in [-0.2, -0.15) is 5.26 Å². The minimum atomic E-state index is 0.369. The SMILES string of the molecule is N#CCSc1sc2c(Oc3ccc(Cl)cc3)ncnc2c1-c1ccccc1. The summed E-state index contributed by atoms with van der Waals surface area (Å²) < 4.78 is 7.86. The highest BCUT2D eigenvalue weighted by molar-refractivity contribution is 8.01. The molecule has 4 aromatic rings. The monoisotopic (exact) mass is 409 g/mol. The Labute approximate surface area is 169 Å². The summed E-state index contributed by atoms with van der Waals surface area (Å²) in [5, 5.41) is 9.65. The van der Waals surface area contributed by atoms with Gasteiger partial charge in [0.1, 0.15) is 16.8 Å². The van der Waals surface area contributed by atoms with E-state index in [0.717, 1.165) is 25.6 Å². The van der Waals surface area contributed by atoms with Crippen molar-refractivity contribution in [3.63, 3.8) is 0 Å². The van der Waals surface area contributed by atoms with Gasteiger partial charge < -0.3 is 4.74 Å². The highest BCUT2D eigenvalue weighted by atomic mass is 35.5. The summed E-state index contributed by atoms with van der Waals surface area (Å²) in [4.78, 5) is 8.83. The van der Waals surface area contributed by atoms with Crippen LogP contribution in [0.25, 0.3) is 21.3 Å². The van der Waals surface area contributed by atoms with Crippen LogP contribution in [0.15, 0.2) is 65.1 Å².